The Morgan fingerprint density at radius 1 is 1.25 bits per heavy atom. The molecule has 1 amide bonds. The molecular weight excluding hydrogens is 210 g/mol. The van der Waals surface area contributed by atoms with Crippen molar-refractivity contribution in [3.63, 3.8) is 0 Å². The molecule has 16 heavy (non-hydrogen) atoms. The summed E-state index contributed by atoms with van der Waals surface area (Å²) in [4.78, 5) is 35.1. The largest absolute Gasteiger partial charge is 0.469 e. The fourth-order valence-electron chi connectivity index (χ4n) is 1.65. The number of nitrogens with zero attached hydrogens (tertiary/aromatic N) is 1. The summed E-state index contributed by atoms with van der Waals surface area (Å²) in [7, 11) is 1.33. The first kappa shape index (κ1) is 12.7. The molecule has 5 heteroatoms. The van der Waals surface area contributed by atoms with Crippen LogP contribution in [0.15, 0.2) is 0 Å². The van der Waals surface area contributed by atoms with Crippen molar-refractivity contribution in [1.29, 1.82) is 0 Å². The summed E-state index contributed by atoms with van der Waals surface area (Å²) in [5, 5.41) is 0. The second-order valence-corrected chi connectivity index (χ2v) is 3.85. The van der Waals surface area contributed by atoms with E-state index in [-0.39, 0.29) is 24.1 Å². The highest BCUT2D eigenvalue weighted by molar-refractivity contribution is 5.83. The van der Waals surface area contributed by atoms with Crippen molar-refractivity contribution >= 4 is 17.7 Å². The monoisotopic (exact) mass is 227 g/mol. The van der Waals surface area contributed by atoms with Crippen LogP contribution in [0.4, 0.5) is 0 Å². The van der Waals surface area contributed by atoms with Crippen LogP contribution in [0.2, 0.25) is 0 Å². The molecule has 1 fully saturated rings. The minimum absolute atomic E-state index is 0.0244. The number of hydrogen-bond donors (Lipinski definition) is 0. The van der Waals surface area contributed by atoms with Gasteiger partial charge < -0.3 is 9.64 Å². The second kappa shape index (κ2) is 6.25. The molecule has 0 unspecified atom stereocenters. The molecule has 1 rings (SSSR count). The number of ether oxygens (including phenoxy) is 1. The smallest absolute Gasteiger partial charge is 0.305 e. The number of ketones is 1. The second-order valence-electron chi connectivity index (χ2n) is 3.85. The van der Waals surface area contributed by atoms with Gasteiger partial charge in [-0.15, -0.1) is 0 Å². The lowest BCUT2D eigenvalue weighted by atomic mass is 10.1. The minimum Gasteiger partial charge on any atom is -0.469 e. The van der Waals surface area contributed by atoms with Crippen LogP contribution in [0, 0.1) is 0 Å². The Bertz CT molecular complexity index is 278. The third kappa shape index (κ3) is 4.00. The molecule has 0 N–H and O–H groups in total. The molecule has 0 aromatic heterocycles. The fraction of sp³-hybridized carbons (Fsp3) is 0.727. The molecule has 1 aliphatic rings. The number of carbonyl (C=O) groups is 3. The Labute approximate surface area is 94.7 Å². The maximum Gasteiger partial charge on any atom is 0.305 e. The molecule has 5 nitrogen and oxygen atoms in total. The molecular formula is C11H17NO4. The highest BCUT2D eigenvalue weighted by atomic mass is 16.5. The van der Waals surface area contributed by atoms with Crippen LogP contribution >= 0.6 is 0 Å². The van der Waals surface area contributed by atoms with Crippen LogP contribution in [-0.2, 0) is 19.1 Å². The third-order valence-electron chi connectivity index (χ3n) is 2.67. The zero-order valence-electron chi connectivity index (χ0n) is 9.53. The Balaban J connectivity index is 2.20. The number of rotatable bonds is 4. The molecule has 0 spiro atoms. The zero-order valence-corrected chi connectivity index (χ0v) is 9.53. The summed E-state index contributed by atoms with van der Waals surface area (Å²) in [5.74, 6) is -0.0448. The number of likely N-dealkylation sites (tertiary alicyclic amines) is 1. The number of carbonyl (C=O) groups excluding carboxylic acids is 3. The van der Waals surface area contributed by atoms with Crippen LogP contribution in [-0.4, -0.2) is 42.8 Å². The summed E-state index contributed by atoms with van der Waals surface area (Å²) in [5.41, 5.74) is 0. The van der Waals surface area contributed by atoms with Gasteiger partial charge in [-0.1, -0.05) is 0 Å². The lowest BCUT2D eigenvalue weighted by Gasteiger charge is -2.25. The van der Waals surface area contributed by atoms with Crippen molar-refractivity contribution in [3.05, 3.63) is 0 Å². The Morgan fingerprint density at radius 3 is 2.44 bits per heavy atom. The Hall–Kier alpha value is -1.39. The summed E-state index contributed by atoms with van der Waals surface area (Å²) < 4.78 is 4.48. The number of Topliss-reactive ketones (excluding diaryl/α,β-unsaturated/α-hetero) is 1. The highest BCUT2D eigenvalue weighted by Crippen LogP contribution is 2.09. The van der Waals surface area contributed by atoms with Crippen molar-refractivity contribution in [3.8, 4) is 0 Å². The van der Waals surface area contributed by atoms with E-state index in [0.717, 1.165) is 0 Å². The molecule has 1 saturated heterocycles. The Morgan fingerprint density at radius 2 is 1.88 bits per heavy atom. The average Bonchev–Trinajstić information content (AvgIpc) is 2.29. The van der Waals surface area contributed by atoms with E-state index in [1.807, 2.05) is 0 Å². The summed E-state index contributed by atoms with van der Waals surface area (Å²) in [6.07, 6.45) is 2.06. The summed E-state index contributed by atoms with van der Waals surface area (Å²) in [6.45, 7) is 1.05. The number of esters is 1. The molecule has 0 radical (unpaired) electrons. The average molecular weight is 227 g/mol. The van der Waals surface area contributed by atoms with Crippen molar-refractivity contribution in [2.75, 3.05) is 20.2 Å². The van der Waals surface area contributed by atoms with E-state index in [1.54, 1.807) is 4.90 Å². The van der Waals surface area contributed by atoms with Gasteiger partial charge in [0.05, 0.1) is 7.11 Å². The van der Waals surface area contributed by atoms with Gasteiger partial charge in [-0.25, -0.2) is 0 Å². The van der Waals surface area contributed by atoms with Crippen molar-refractivity contribution in [2.45, 2.75) is 32.1 Å². The van der Waals surface area contributed by atoms with Crippen molar-refractivity contribution in [2.24, 2.45) is 0 Å². The third-order valence-corrected chi connectivity index (χ3v) is 2.67. The quantitative estimate of drug-likeness (QED) is 0.657. The van der Waals surface area contributed by atoms with Crippen LogP contribution in [0.3, 0.4) is 0 Å². The predicted molar refractivity (Wildman–Crippen MR) is 56.7 cm³/mol. The van der Waals surface area contributed by atoms with Gasteiger partial charge in [0.15, 0.2) is 0 Å². The SMILES string of the molecule is COC(=O)CCCC(=O)N1CCC(=O)CC1. The topological polar surface area (TPSA) is 63.7 Å². The van der Waals surface area contributed by atoms with Crippen LogP contribution in [0.25, 0.3) is 0 Å². The van der Waals surface area contributed by atoms with E-state index in [2.05, 4.69) is 4.74 Å². The highest BCUT2D eigenvalue weighted by Gasteiger charge is 2.20. The van der Waals surface area contributed by atoms with Crippen LogP contribution < -0.4 is 0 Å². The van der Waals surface area contributed by atoms with E-state index < -0.39 is 0 Å². The number of piperidine rings is 1. The van der Waals surface area contributed by atoms with E-state index in [1.165, 1.54) is 7.11 Å². The first-order chi connectivity index (χ1) is 7.63. The Kier molecular flexibility index (Phi) is 4.95. The lowest BCUT2D eigenvalue weighted by molar-refractivity contribution is -0.140. The summed E-state index contributed by atoms with van der Waals surface area (Å²) >= 11 is 0. The van der Waals surface area contributed by atoms with Gasteiger partial charge in [0.1, 0.15) is 5.78 Å². The molecule has 0 bridgehead atoms. The molecule has 1 heterocycles. The molecule has 0 aliphatic carbocycles. The number of hydrogen-bond acceptors (Lipinski definition) is 4. The first-order valence-corrected chi connectivity index (χ1v) is 5.50. The van der Waals surface area contributed by atoms with Gasteiger partial charge >= 0.3 is 5.97 Å². The van der Waals surface area contributed by atoms with E-state index in [4.69, 9.17) is 0 Å². The molecule has 90 valence electrons. The van der Waals surface area contributed by atoms with Gasteiger partial charge in [-0.05, 0) is 6.42 Å². The first-order valence-electron chi connectivity index (χ1n) is 5.50. The van der Waals surface area contributed by atoms with E-state index in [0.29, 0.717) is 38.8 Å². The molecule has 1 aliphatic heterocycles. The molecule has 0 atom stereocenters. The summed E-state index contributed by atoms with van der Waals surface area (Å²) in [6, 6.07) is 0. The van der Waals surface area contributed by atoms with Gasteiger partial charge in [0, 0.05) is 38.8 Å². The van der Waals surface area contributed by atoms with E-state index in [9.17, 15) is 14.4 Å². The minimum atomic E-state index is -0.290. The van der Waals surface area contributed by atoms with Crippen LogP contribution in [0.1, 0.15) is 32.1 Å². The maximum absolute atomic E-state index is 11.6. The maximum atomic E-state index is 11.6. The van der Waals surface area contributed by atoms with Gasteiger partial charge in [0.2, 0.25) is 5.91 Å². The fourth-order valence-corrected chi connectivity index (χ4v) is 1.65. The van der Waals surface area contributed by atoms with Gasteiger partial charge in [0.25, 0.3) is 0 Å². The molecule has 0 saturated carbocycles. The molecule has 0 aromatic carbocycles. The van der Waals surface area contributed by atoms with Crippen molar-refractivity contribution in [1.82, 2.24) is 4.90 Å². The van der Waals surface area contributed by atoms with Crippen LogP contribution in [0.5, 0.6) is 0 Å². The van der Waals surface area contributed by atoms with Gasteiger partial charge in [-0.3, -0.25) is 14.4 Å². The van der Waals surface area contributed by atoms with Gasteiger partial charge in [-0.2, -0.15) is 0 Å². The standard InChI is InChI=1S/C11H17NO4/c1-16-11(15)4-2-3-10(14)12-7-5-9(13)6-8-12/h2-8H2,1H3. The molecule has 0 aromatic rings. The van der Waals surface area contributed by atoms with E-state index >= 15 is 0 Å². The normalized spacial score (nSPS) is 16.1. The number of amides is 1. The zero-order chi connectivity index (χ0) is 12.0. The lowest BCUT2D eigenvalue weighted by Crippen LogP contribution is -2.38. The van der Waals surface area contributed by atoms with Crippen molar-refractivity contribution < 1.29 is 19.1 Å². The predicted octanol–water partition coefficient (Wildman–Crippen LogP) is 0.521. The number of methoxy groups -OCH3 is 1.